The summed E-state index contributed by atoms with van der Waals surface area (Å²) in [5.41, 5.74) is 0.736. The highest BCUT2D eigenvalue weighted by Crippen LogP contribution is 2.27. The van der Waals surface area contributed by atoms with Crippen molar-refractivity contribution in [2.75, 3.05) is 31.1 Å². The van der Waals surface area contributed by atoms with E-state index >= 15 is 0 Å². The number of nitrogens with zero attached hydrogens (tertiary/aromatic N) is 2. The molecule has 1 aromatic carbocycles. The van der Waals surface area contributed by atoms with Gasteiger partial charge in [-0.2, -0.15) is 4.31 Å². The lowest BCUT2D eigenvalue weighted by molar-refractivity contribution is -0.149. The Kier molecular flexibility index (Phi) is 6.16. The van der Waals surface area contributed by atoms with Crippen LogP contribution >= 0.6 is 0 Å². The average Bonchev–Trinajstić information content (AvgIpc) is 2.69. The lowest BCUT2D eigenvalue weighted by Crippen LogP contribution is -2.40. The highest BCUT2D eigenvalue weighted by atomic mass is 32.2. The summed E-state index contributed by atoms with van der Waals surface area (Å²) >= 11 is 0. The molecular weight excluding hydrogens is 368 g/mol. The van der Waals surface area contributed by atoms with Gasteiger partial charge in [-0.25, -0.2) is 8.42 Å². The van der Waals surface area contributed by atoms with Crippen LogP contribution in [0.4, 0.5) is 5.69 Å². The number of anilines is 1. The first kappa shape index (κ1) is 19.8. The standard InChI is InChI=1S/C19H26N2O5S/c1-2-26-19(23)15-10-13-20(14-11-15)27(24,25)17-8-6-16(7-9-17)21-12-4-3-5-18(21)22/h6-9,15H,2-5,10-14H2,1H3. The van der Waals surface area contributed by atoms with E-state index in [0.717, 1.165) is 18.5 Å². The van der Waals surface area contributed by atoms with Crippen molar-refractivity contribution < 1.29 is 22.7 Å². The molecule has 2 saturated heterocycles. The lowest BCUT2D eigenvalue weighted by Gasteiger charge is -2.30. The Morgan fingerprint density at radius 2 is 1.78 bits per heavy atom. The van der Waals surface area contributed by atoms with Crippen molar-refractivity contribution in [3.05, 3.63) is 24.3 Å². The minimum Gasteiger partial charge on any atom is -0.466 e. The fraction of sp³-hybridized carbons (Fsp3) is 0.579. The SMILES string of the molecule is CCOC(=O)C1CCN(S(=O)(=O)c2ccc(N3CCCCC3=O)cc2)CC1. The number of sulfonamides is 1. The summed E-state index contributed by atoms with van der Waals surface area (Å²) in [5, 5.41) is 0. The van der Waals surface area contributed by atoms with Crippen LogP contribution in [0, 0.1) is 5.92 Å². The maximum Gasteiger partial charge on any atom is 0.309 e. The zero-order chi connectivity index (χ0) is 19.4. The van der Waals surface area contributed by atoms with E-state index in [2.05, 4.69) is 0 Å². The van der Waals surface area contributed by atoms with Crippen molar-refractivity contribution in [1.82, 2.24) is 4.31 Å². The van der Waals surface area contributed by atoms with E-state index in [-0.39, 0.29) is 22.7 Å². The number of hydrogen-bond acceptors (Lipinski definition) is 5. The van der Waals surface area contributed by atoms with Crippen molar-refractivity contribution in [3.8, 4) is 0 Å². The summed E-state index contributed by atoms with van der Waals surface area (Å²) in [6.45, 7) is 3.38. The molecule has 148 valence electrons. The average molecular weight is 394 g/mol. The van der Waals surface area contributed by atoms with Crippen molar-refractivity contribution in [3.63, 3.8) is 0 Å². The van der Waals surface area contributed by atoms with E-state index < -0.39 is 10.0 Å². The molecule has 0 aliphatic carbocycles. The highest BCUT2D eigenvalue weighted by molar-refractivity contribution is 7.89. The van der Waals surface area contributed by atoms with E-state index in [4.69, 9.17) is 4.74 Å². The number of ether oxygens (including phenoxy) is 1. The van der Waals surface area contributed by atoms with Crippen LogP contribution in [0.5, 0.6) is 0 Å². The van der Waals surface area contributed by atoms with Crippen LogP contribution in [0.15, 0.2) is 29.2 Å². The van der Waals surface area contributed by atoms with Gasteiger partial charge in [-0.05, 0) is 56.9 Å². The van der Waals surface area contributed by atoms with Gasteiger partial charge in [-0.15, -0.1) is 0 Å². The Labute approximate surface area is 160 Å². The van der Waals surface area contributed by atoms with Gasteiger partial charge >= 0.3 is 5.97 Å². The normalized spacial score (nSPS) is 19.9. The molecule has 1 aromatic rings. The number of hydrogen-bond donors (Lipinski definition) is 0. The molecule has 0 radical (unpaired) electrons. The summed E-state index contributed by atoms with van der Waals surface area (Å²) in [6, 6.07) is 6.51. The zero-order valence-corrected chi connectivity index (χ0v) is 16.4. The van der Waals surface area contributed by atoms with Crippen LogP contribution in [0.1, 0.15) is 39.0 Å². The van der Waals surface area contributed by atoms with E-state index in [1.54, 1.807) is 36.1 Å². The smallest absolute Gasteiger partial charge is 0.309 e. The maximum absolute atomic E-state index is 12.9. The third-order valence-electron chi connectivity index (χ3n) is 5.18. The first-order chi connectivity index (χ1) is 12.9. The Morgan fingerprint density at radius 1 is 1.11 bits per heavy atom. The van der Waals surface area contributed by atoms with Crippen molar-refractivity contribution in [1.29, 1.82) is 0 Å². The molecule has 2 heterocycles. The third-order valence-corrected chi connectivity index (χ3v) is 7.10. The number of piperidine rings is 2. The van der Waals surface area contributed by atoms with Gasteiger partial charge < -0.3 is 9.64 Å². The molecule has 8 heteroatoms. The number of carbonyl (C=O) groups excluding carboxylic acids is 2. The van der Waals surface area contributed by atoms with Crippen LogP contribution in [-0.4, -0.2) is 50.8 Å². The molecule has 1 amide bonds. The minimum atomic E-state index is -3.61. The number of carbonyl (C=O) groups is 2. The summed E-state index contributed by atoms with van der Waals surface area (Å²) in [7, 11) is -3.61. The van der Waals surface area contributed by atoms with Crippen LogP contribution in [0.3, 0.4) is 0 Å². The topological polar surface area (TPSA) is 84.0 Å². The van der Waals surface area contributed by atoms with Crippen LogP contribution in [0.25, 0.3) is 0 Å². The maximum atomic E-state index is 12.9. The second-order valence-electron chi connectivity index (χ2n) is 6.93. The summed E-state index contributed by atoms with van der Waals surface area (Å²) in [6.07, 6.45) is 3.34. The third kappa shape index (κ3) is 4.32. The van der Waals surface area contributed by atoms with Crippen LogP contribution < -0.4 is 4.90 Å². The highest BCUT2D eigenvalue weighted by Gasteiger charge is 2.32. The molecule has 0 saturated carbocycles. The molecule has 27 heavy (non-hydrogen) atoms. The molecule has 0 N–H and O–H groups in total. The summed E-state index contributed by atoms with van der Waals surface area (Å²) in [5.74, 6) is -0.396. The first-order valence-corrected chi connectivity index (χ1v) is 10.9. The van der Waals surface area contributed by atoms with Gasteiger partial charge in [-0.3, -0.25) is 9.59 Å². The first-order valence-electron chi connectivity index (χ1n) is 9.50. The van der Waals surface area contributed by atoms with Gasteiger partial charge in [0.15, 0.2) is 0 Å². The van der Waals surface area contributed by atoms with Crippen LogP contribution in [0.2, 0.25) is 0 Å². The van der Waals surface area contributed by atoms with Gasteiger partial charge in [0.1, 0.15) is 0 Å². The van der Waals surface area contributed by atoms with Gasteiger partial charge in [0.25, 0.3) is 0 Å². The van der Waals surface area contributed by atoms with Crippen molar-refractivity contribution in [2.24, 2.45) is 5.92 Å². The summed E-state index contributed by atoms with van der Waals surface area (Å²) < 4.78 is 32.2. The Morgan fingerprint density at radius 3 is 2.37 bits per heavy atom. The second kappa shape index (κ2) is 8.39. The fourth-order valence-corrected chi connectivity index (χ4v) is 5.09. The molecule has 0 atom stereocenters. The largest absolute Gasteiger partial charge is 0.466 e. The van der Waals surface area contributed by atoms with E-state index in [0.29, 0.717) is 45.5 Å². The van der Waals surface area contributed by atoms with Crippen molar-refractivity contribution >= 4 is 27.6 Å². The van der Waals surface area contributed by atoms with E-state index in [1.165, 1.54) is 4.31 Å². The molecule has 2 fully saturated rings. The molecule has 0 unspecified atom stereocenters. The molecule has 2 aliphatic rings. The molecule has 0 aromatic heterocycles. The van der Waals surface area contributed by atoms with Crippen LogP contribution in [-0.2, 0) is 24.3 Å². The number of benzene rings is 1. The molecule has 2 aliphatic heterocycles. The number of esters is 1. The monoisotopic (exact) mass is 394 g/mol. The lowest BCUT2D eigenvalue weighted by atomic mass is 9.98. The van der Waals surface area contributed by atoms with Gasteiger partial charge in [0.05, 0.1) is 17.4 Å². The minimum absolute atomic E-state index is 0.0814. The van der Waals surface area contributed by atoms with E-state index in [9.17, 15) is 18.0 Å². The quantitative estimate of drug-likeness (QED) is 0.715. The Hall–Kier alpha value is -1.93. The molecule has 0 bridgehead atoms. The van der Waals surface area contributed by atoms with Gasteiger partial charge in [0.2, 0.25) is 15.9 Å². The molecule has 7 nitrogen and oxygen atoms in total. The Bertz CT molecular complexity index is 783. The molecule has 0 spiro atoms. The summed E-state index contributed by atoms with van der Waals surface area (Å²) in [4.78, 5) is 25.8. The van der Waals surface area contributed by atoms with Gasteiger partial charge in [0, 0.05) is 31.7 Å². The second-order valence-corrected chi connectivity index (χ2v) is 8.86. The fourth-order valence-electron chi connectivity index (χ4n) is 3.62. The predicted molar refractivity (Wildman–Crippen MR) is 101 cm³/mol. The molecule has 3 rings (SSSR count). The number of amides is 1. The van der Waals surface area contributed by atoms with E-state index in [1.807, 2.05) is 0 Å². The van der Waals surface area contributed by atoms with Gasteiger partial charge in [-0.1, -0.05) is 0 Å². The number of rotatable bonds is 5. The Balaban J connectivity index is 1.67. The molecular formula is C19H26N2O5S. The zero-order valence-electron chi connectivity index (χ0n) is 15.6. The predicted octanol–water partition coefficient (Wildman–Crippen LogP) is 2.17. The van der Waals surface area contributed by atoms with Crippen molar-refractivity contribution in [2.45, 2.75) is 43.9 Å².